The first-order chi connectivity index (χ1) is 12.2. The monoisotopic (exact) mass is 375 g/mol. The summed E-state index contributed by atoms with van der Waals surface area (Å²) in [6.45, 7) is 5.13. The molecule has 0 bridgehead atoms. The van der Waals surface area contributed by atoms with Gasteiger partial charge in [-0.1, -0.05) is 12.1 Å². The Morgan fingerprint density at radius 2 is 1.88 bits per heavy atom. The number of hydrogen-bond donors (Lipinski definition) is 2. The topological polar surface area (TPSA) is 118 Å². The van der Waals surface area contributed by atoms with Gasteiger partial charge in [0.2, 0.25) is 10.0 Å². The summed E-state index contributed by atoms with van der Waals surface area (Å²) in [6.07, 6.45) is 1.42. The first kappa shape index (κ1) is 19.3. The number of carbonyl (C=O) groups excluding carboxylic acids is 1. The summed E-state index contributed by atoms with van der Waals surface area (Å²) < 4.78 is 26.3. The second-order valence-corrected chi connectivity index (χ2v) is 7.14. The molecule has 0 heterocycles. The molecule has 1 amide bonds. The second-order valence-electron chi connectivity index (χ2n) is 5.38. The highest BCUT2D eigenvalue weighted by Crippen LogP contribution is 2.22. The number of benzene rings is 2. The fourth-order valence-corrected chi connectivity index (χ4v) is 3.12. The van der Waals surface area contributed by atoms with Crippen LogP contribution in [0.1, 0.15) is 15.9 Å². The highest BCUT2D eigenvalue weighted by Gasteiger charge is 2.15. The number of anilines is 1. The average Bonchev–Trinajstić information content (AvgIpc) is 2.61. The predicted molar refractivity (Wildman–Crippen MR) is 97.6 cm³/mol. The summed E-state index contributed by atoms with van der Waals surface area (Å²) in [6, 6.07) is 9.69. The van der Waals surface area contributed by atoms with Crippen LogP contribution < -0.4 is 10.0 Å². The molecule has 0 aliphatic heterocycles. The van der Waals surface area contributed by atoms with Crippen molar-refractivity contribution in [3.63, 3.8) is 0 Å². The van der Waals surface area contributed by atoms with Crippen LogP contribution in [-0.2, 0) is 10.0 Å². The van der Waals surface area contributed by atoms with E-state index in [0.29, 0.717) is 5.56 Å². The van der Waals surface area contributed by atoms with E-state index in [1.165, 1.54) is 42.5 Å². The lowest BCUT2D eigenvalue weighted by molar-refractivity contribution is -0.385. The first-order valence-corrected chi connectivity index (χ1v) is 9.00. The molecule has 136 valence electrons. The molecular weight excluding hydrogens is 358 g/mol. The number of carbonyl (C=O) groups is 1. The fourth-order valence-electron chi connectivity index (χ4n) is 2.12. The van der Waals surface area contributed by atoms with Crippen LogP contribution in [0.5, 0.6) is 0 Å². The molecule has 0 radical (unpaired) electrons. The van der Waals surface area contributed by atoms with Crippen molar-refractivity contribution < 1.29 is 18.1 Å². The lowest BCUT2D eigenvalue weighted by Gasteiger charge is -2.08. The summed E-state index contributed by atoms with van der Waals surface area (Å²) in [5.74, 6) is -0.508. The van der Waals surface area contributed by atoms with Gasteiger partial charge in [-0.05, 0) is 37.3 Å². The Morgan fingerprint density at radius 1 is 1.23 bits per heavy atom. The van der Waals surface area contributed by atoms with Crippen LogP contribution in [0, 0.1) is 17.0 Å². The molecule has 0 aliphatic carbocycles. The maximum absolute atomic E-state index is 12.3. The van der Waals surface area contributed by atoms with E-state index >= 15 is 0 Å². The van der Waals surface area contributed by atoms with Crippen LogP contribution in [0.15, 0.2) is 60.0 Å². The number of nitrogens with one attached hydrogen (secondary N) is 2. The Bertz CT molecular complexity index is 953. The average molecular weight is 375 g/mol. The van der Waals surface area contributed by atoms with Gasteiger partial charge in [0.1, 0.15) is 0 Å². The van der Waals surface area contributed by atoms with Gasteiger partial charge in [-0.3, -0.25) is 14.9 Å². The summed E-state index contributed by atoms with van der Waals surface area (Å²) in [5, 5.41) is 13.5. The van der Waals surface area contributed by atoms with Gasteiger partial charge >= 0.3 is 0 Å². The third-order valence-corrected chi connectivity index (χ3v) is 4.95. The molecule has 0 atom stereocenters. The molecule has 0 saturated carbocycles. The van der Waals surface area contributed by atoms with Crippen LogP contribution >= 0.6 is 0 Å². The van der Waals surface area contributed by atoms with E-state index in [0.717, 1.165) is 0 Å². The second kappa shape index (κ2) is 7.89. The maximum Gasteiger partial charge on any atom is 0.274 e. The fraction of sp³-hybridized carbons (Fsp3) is 0.118. The van der Waals surface area contributed by atoms with Gasteiger partial charge in [-0.25, -0.2) is 13.1 Å². The van der Waals surface area contributed by atoms with Gasteiger partial charge < -0.3 is 5.32 Å². The number of hydrogen-bond acceptors (Lipinski definition) is 5. The molecule has 0 aliphatic rings. The van der Waals surface area contributed by atoms with Crippen molar-refractivity contribution >= 4 is 27.3 Å². The third kappa shape index (κ3) is 4.52. The SMILES string of the molecule is C=CCNS(=O)(=O)c1ccc(C(=O)Nc2ccc(C)c([N+](=O)[O-])c2)cc1. The molecule has 0 unspecified atom stereocenters. The molecule has 0 saturated heterocycles. The van der Waals surface area contributed by atoms with Gasteiger partial charge in [-0.2, -0.15) is 0 Å². The Balaban J connectivity index is 2.17. The largest absolute Gasteiger partial charge is 0.322 e. The lowest BCUT2D eigenvalue weighted by atomic mass is 10.1. The van der Waals surface area contributed by atoms with Gasteiger partial charge in [0.25, 0.3) is 11.6 Å². The van der Waals surface area contributed by atoms with Crippen molar-refractivity contribution in [3.8, 4) is 0 Å². The van der Waals surface area contributed by atoms with E-state index in [9.17, 15) is 23.3 Å². The van der Waals surface area contributed by atoms with Gasteiger partial charge in [0.05, 0.1) is 9.82 Å². The molecule has 8 nitrogen and oxygen atoms in total. The minimum atomic E-state index is -3.67. The van der Waals surface area contributed by atoms with Crippen LogP contribution in [0.3, 0.4) is 0 Å². The van der Waals surface area contributed by atoms with Crippen molar-refractivity contribution in [3.05, 3.63) is 76.4 Å². The Morgan fingerprint density at radius 3 is 2.46 bits per heavy atom. The van der Waals surface area contributed by atoms with Crippen LogP contribution in [0.2, 0.25) is 0 Å². The number of nitro groups is 1. The summed E-state index contributed by atoms with van der Waals surface area (Å²) in [7, 11) is -3.67. The number of nitrogens with zero attached hydrogens (tertiary/aromatic N) is 1. The number of rotatable bonds is 7. The van der Waals surface area contributed by atoms with Gasteiger partial charge in [-0.15, -0.1) is 6.58 Å². The number of amides is 1. The molecule has 2 rings (SSSR count). The molecule has 0 fully saturated rings. The van der Waals surface area contributed by atoms with Crippen molar-refractivity contribution in [2.75, 3.05) is 11.9 Å². The number of aryl methyl sites for hydroxylation is 1. The quantitative estimate of drug-likeness (QED) is 0.438. The normalized spacial score (nSPS) is 11.0. The van der Waals surface area contributed by atoms with E-state index in [1.54, 1.807) is 13.0 Å². The van der Waals surface area contributed by atoms with E-state index in [1.807, 2.05) is 0 Å². The zero-order valence-electron chi connectivity index (χ0n) is 13.9. The van der Waals surface area contributed by atoms with E-state index in [4.69, 9.17) is 0 Å². The van der Waals surface area contributed by atoms with E-state index in [-0.39, 0.29) is 28.4 Å². The smallest absolute Gasteiger partial charge is 0.274 e. The Kier molecular flexibility index (Phi) is 5.86. The van der Waals surface area contributed by atoms with Gasteiger partial charge in [0, 0.05) is 29.4 Å². The highest BCUT2D eigenvalue weighted by atomic mass is 32.2. The summed E-state index contributed by atoms with van der Waals surface area (Å²) in [4.78, 5) is 22.7. The minimum Gasteiger partial charge on any atom is -0.322 e. The van der Waals surface area contributed by atoms with Crippen LogP contribution in [-0.4, -0.2) is 25.8 Å². The maximum atomic E-state index is 12.3. The molecule has 0 aromatic heterocycles. The molecule has 0 spiro atoms. The lowest BCUT2D eigenvalue weighted by Crippen LogP contribution is -2.23. The molecule has 2 aromatic carbocycles. The van der Waals surface area contributed by atoms with E-state index in [2.05, 4.69) is 16.6 Å². The minimum absolute atomic E-state index is 0.0156. The van der Waals surface area contributed by atoms with Crippen molar-refractivity contribution in [1.82, 2.24) is 4.72 Å². The molecule has 26 heavy (non-hydrogen) atoms. The summed E-state index contributed by atoms with van der Waals surface area (Å²) in [5.41, 5.74) is 0.875. The number of sulfonamides is 1. The van der Waals surface area contributed by atoms with Crippen LogP contribution in [0.25, 0.3) is 0 Å². The van der Waals surface area contributed by atoms with E-state index < -0.39 is 20.9 Å². The molecule has 2 aromatic rings. The standard InChI is InChI=1S/C17H17N3O5S/c1-3-10-18-26(24,25)15-8-5-13(6-9-15)17(21)19-14-7-4-12(2)16(11-14)20(22)23/h3-9,11,18H,1,10H2,2H3,(H,19,21). The Hall–Kier alpha value is -3.04. The van der Waals surface area contributed by atoms with Crippen molar-refractivity contribution in [2.24, 2.45) is 0 Å². The molecule has 2 N–H and O–H groups in total. The Labute approximate surface area is 150 Å². The zero-order chi connectivity index (χ0) is 19.3. The van der Waals surface area contributed by atoms with Gasteiger partial charge in [0.15, 0.2) is 0 Å². The number of nitro benzene ring substituents is 1. The van der Waals surface area contributed by atoms with Crippen molar-refractivity contribution in [2.45, 2.75) is 11.8 Å². The zero-order valence-corrected chi connectivity index (χ0v) is 14.7. The highest BCUT2D eigenvalue weighted by molar-refractivity contribution is 7.89. The predicted octanol–water partition coefficient (Wildman–Crippen LogP) is 2.62. The van der Waals surface area contributed by atoms with Crippen LogP contribution in [0.4, 0.5) is 11.4 Å². The molecular formula is C17H17N3O5S. The first-order valence-electron chi connectivity index (χ1n) is 7.51. The third-order valence-electron chi connectivity index (χ3n) is 3.51. The molecule has 9 heteroatoms. The van der Waals surface area contributed by atoms with Crippen molar-refractivity contribution in [1.29, 1.82) is 0 Å². The summed E-state index contributed by atoms with van der Waals surface area (Å²) >= 11 is 0.